The first-order chi connectivity index (χ1) is 7.40. The molecule has 0 N–H and O–H groups in total. The van der Waals surface area contributed by atoms with E-state index in [9.17, 15) is 0 Å². The van der Waals surface area contributed by atoms with E-state index in [1.54, 1.807) is 0 Å². The third kappa shape index (κ3) is 1.30. The standard InChI is InChI=1S/C14H16O/c1-2-10-6-5-8-12-11-7-3-4-9-13(11)15-14(10)12/h4,8-9H,2-3,5-7H2,1H3. The zero-order valence-electron chi connectivity index (χ0n) is 9.18. The Morgan fingerprint density at radius 1 is 1.27 bits per heavy atom. The highest BCUT2D eigenvalue weighted by molar-refractivity contribution is 5.57. The van der Waals surface area contributed by atoms with Crippen molar-refractivity contribution < 1.29 is 4.42 Å². The highest BCUT2D eigenvalue weighted by Crippen LogP contribution is 2.18. The molecule has 0 aliphatic heterocycles. The van der Waals surface area contributed by atoms with Crippen molar-refractivity contribution >= 4 is 17.7 Å². The molecule has 1 nitrogen and oxygen atoms in total. The van der Waals surface area contributed by atoms with Gasteiger partial charge in [0, 0.05) is 10.8 Å². The smallest absolute Gasteiger partial charge is 0.133 e. The zero-order chi connectivity index (χ0) is 10.3. The van der Waals surface area contributed by atoms with Crippen LogP contribution in [0.4, 0.5) is 0 Å². The van der Waals surface area contributed by atoms with Crippen LogP contribution in [0.3, 0.4) is 0 Å². The normalized spacial score (nSPS) is 18.3. The lowest BCUT2D eigenvalue weighted by Crippen LogP contribution is -2.28. The molecule has 0 amide bonds. The van der Waals surface area contributed by atoms with Gasteiger partial charge in [0.05, 0.1) is 0 Å². The van der Waals surface area contributed by atoms with Gasteiger partial charge in [0.1, 0.15) is 11.2 Å². The molecule has 0 atom stereocenters. The van der Waals surface area contributed by atoms with Crippen LogP contribution in [-0.4, -0.2) is 0 Å². The van der Waals surface area contributed by atoms with Crippen LogP contribution in [0.2, 0.25) is 0 Å². The molecule has 0 aromatic carbocycles. The molecular formula is C14H16O. The van der Waals surface area contributed by atoms with Crippen LogP contribution in [0.15, 0.2) is 10.5 Å². The average molecular weight is 200 g/mol. The molecule has 1 heteroatoms. The van der Waals surface area contributed by atoms with E-state index in [0.717, 1.165) is 25.0 Å². The Labute approximate surface area is 89.8 Å². The SMILES string of the molecule is CCC1=c2oc3c(c2=CCC1)CCC=C3. The van der Waals surface area contributed by atoms with Gasteiger partial charge >= 0.3 is 0 Å². The minimum Gasteiger partial charge on any atom is -0.456 e. The van der Waals surface area contributed by atoms with Crippen molar-refractivity contribution in [2.75, 3.05) is 0 Å². The lowest BCUT2D eigenvalue weighted by molar-refractivity contribution is 0.510. The minimum atomic E-state index is 1.11. The number of fused-ring (bicyclic) bond motifs is 3. The molecule has 0 fully saturated rings. The summed E-state index contributed by atoms with van der Waals surface area (Å²) in [5.41, 5.74) is 4.12. The van der Waals surface area contributed by atoms with E-state index in [-0.39, 0.29) is 0 Å². The Morgan fingerprint density at radius 2 is 2.20 bits per heavy atom. The number of hydrogen-bond donors (Lipinski definition) is 0. The summed E-state index contributed by atoms with van der Waals surface area (Å²) in [6.45, 7) is 2.22. The fourth-order valence-corrected chi connectivity index (χ4v) is 2.63. The summed E-state index contributed by atoms with van der Waals surface area (Å²) in [6.07, 6.45) is 12.5. The Bertz CT molecular complexity index is 528. The lowest BCUT2D eigenvalue weighted by atomic mass is 9.97. The zero-order valence-corrected chi connectivity index (χ0v) is 9.18. The summed E-state index contributed by atoms with van der Waals surface area (Å²) in [6, 6.07) is 0. The summed E-state index contributed by atoms with van der Waals surface area (Å²) in [5.74, 6) is 1.11. The van der Waals surface area contributed by atoms with E-state index in [2.05, 4.69) is 25.2 Å². The molecular weight excluding hydrogens is 184 g/mol. The molecule has 0 spiro atoms. The molecule has 0 saturated carbocycles. The summed E-state index contributed by atoms with van der Waals surface area (Å²) < 4.78 is 5.98. The van der Waals surface area contributed by atoms with E-state index < -0.39 is 0 Å². The second-order valence-electron chi connectivity index (χ2n) is 4.33. The number of allylic oxidation sites excluding steroid dienone is 1. The van der Waals surface area contributed by atoms with Crippen molar-refractivity contribution in [3.63, 3.8) is 0 Å². The van der Waals surface area contributed by atoms with Crippen LogP contribution >= 0.6 is 0 Å². The molecule has 1 aromatic heterocycles. The van der Waals surface area contributed by atoms with Crippen molar-refractivity contribution in [1.82, 2.24) is 0 Å². The summed E-state index contributed by atoms with van der Waals surface area (Å²) in [7, 11) is 0. The fraction of sp³-hybridized carbons (Fsp3) is 0.429. The maximum Gasteiger partial charge on any atom is 0.133 e. The molecule has 0 unspecified atom stereocenters. The molecule has 2 aliphatic carbocycles. The first-order valence-corrected chi connectivity index (χ1v) is 5.90. The van der Waals surface area contributed by atoms with E-state index in [1.165, 1.54) is 34.6 Å². The van der Waals surface area contributed by atoms with E-state index in [4.69, 9.17) is 4.42 Å². The van der Waals surface area contributed by atoms with Gasteiger partial charge in [-0.05, 0) is 43.8 Å². The third-order valence-electron chi connectivity index (χ3n) is 3.45. The van der Waals surface area contributed by atoms with Gasteiger partial charge in [-0.3, -0.25) is 0 Å². The van der Waals surface area contributed by atoms with Gasteiger partial charge in [-0.15, -0.1) is 0 Å². The van der Waals surface area contributed by atoms with E-state index >= 15 is 0 Å². The Balaban J connectivity index is 2.37. The summed E-state index contributed by atoms with van der Waals surface area (Å²) in [4.78, 5) is 0. The number of hydrogen-bond acceptors (Lipinski definition) is 1. The largest absolute Gasteiger partial charge is 0.456 e. The fourth-order valence-electron chi connectivity index (χ4n) is 2.63. The average Bonchev–Trinajstić information content (AvgIpc) is 2.67. The predicted molar refractivity (Wildman–Crippen MR) is 62.7 cm³/mol. The highest BCUT2D eigenvalue weighted by Gasteiger charge is 2.15. The van der Waals surface area contributed by atoms with Crippen LogP contribution in [0.25, 0.3) is 17.7 Å². The minimum absolute atomic E-state index is 1.11. The number of furan rings is 1. The highest BCUT2D eigenvalue weighted by atomic mass is 16.3. The summed E-state index contributed by atoms with van der Waals surface area (Å²) >= 11 is 0. The van der Waals surface area contributed by atoms with Crippen LogP contribution in [0, 0.1) is 0 Å². The predicted octanol–water partition coefficient (Wildman–Crippen LogP) is 2.37. The van der Waals surface area contributed by atoms with E-state index in [0.29, 0.717) is 0 Å². The summed E-state index contributed by atoms with van der Waals surface area (Å²) in [5, 5.41) is 1.40. The topological polar surface area (TPSA) is 13.1 Å². The van der Waals surface area contributed by atoms with Gasteiger partial charge in [-0.25, -0.2) is 0 Å². The molecule has 0 saturated heterocycles. The van der Waals surface area contributed by atoms with Crippen molar-refractivity contribution in [2.45, 2.75) is 39.0 Å². The van der Waals surface area contributed by atoms with Crippen molar-refractivity contribution in [2.24, 2.45) is 0 Å². The molecule has 3 rings (SSSR count). The molecule has 2 aliphatic rings. The van der Waals surface area contributed by atoms with Crippen molar-refractivity contribution in [3.05, 3.63) is 28.0 Å². The first kappa shape index (κ1) is 9.02. The van der Waals surface area contributed by atoms with Gasteiger partial charge in [0.15, 0.2) is 0 Å². The molecule has 0 bridgehead atoms. The Morgan fingerprint density at radius 3 is 3.07 bits per heavy atom. The van der Waals surface area contributed by atoms with Crippen LogP contribution < -0.4 is 10.6 Å². The second kappa shape index (κ2) is 3.41. The van der Waals surface area contributed by atoms with Crippen molar-refractivity contribution in [1.29, 1.82) is 0 Å². The third-order valence-corrected chi connectivity index (χ3v) is 3.45. The number of rotatable bonds is 1. The monoisotopic (exact) mass is 200 g/mol. The van der Waals surface area contributed by atoms with Gasteiger partial charge in [0.25, 0.3) is 0 Å². The first-order valence-electron chi connectivity index (χ1n) is 5.90. The maximum absolute atomic E-state index is 5.98. The Kier molecular flexibility index (Phi) is 2.05. The molecule has 78 valence electrons. The molecule has 0 radical (unpaired) electrons. The van der Waals surface area contributed by atoms with E-state index in [1.807, 2.05) is 0 Å². The lowest BCUT2D eigenvalue weighted by Gasteiger charge is -2.05. The van der Waals surface area contributed by atoms with Crippen LogP contribution in [-0.2, 0) is 6.42 Å². The molecule has 1 heterocycles. The maximum atomic E-state index is 5.98. The van der Waals surface area contributed by atoms with Crippen LogP contribution in [0.1, 0.15) is 43.9 Å². The van der Waals surface area contributed by atoms with Gasteiger partial charge in [-0.2, -0.15) is 0 Å². The van der Waals surface area contributed by atoms with Gasteiger partial charge in [0.2, 0.25) is 0 Å². The van der Waals surface area contributed by atoms with Gasteiger partial charge < -0.3 is 4.42 Å². The van der Waals surface area contributed by atoms with Crippen molar-refractivity contribution in [3.8, 4) is 0 Å². The van der Waals surface area contributed by atoms with Gasteiger partial charge in [-0.1, -0.05) is 19.1 Å². The molecule has 1 aromatic rings. The Hall–Kier alpha value is -1.24. The second-order valence-corrected chi connectivity index (χ2v) is 4.33. The van der Waals surface area contributed by atoms with Crippen LogP contribution in [0.5, 0.6) is 0 Å². The molecule has 15 heavy (non-hydrogen) atoms. The quantitative estimate of drug-likeness (QED) is 0.678.